The summed E-state index contributed by atoms with van der Waals surface area (Å²) in [6, 6.07) is 16.7. The summed E-state index contributed by atoms with van der Waals surface area (Å²) < 4.78 is 30.1. The van der Waals surface area contributed by atoms with Gasteiger partial charge in [0.05, 0.1) is 10.9 Å². The first-order valence-electron chi connectivity index (χ1n) is 12.6. The Kier molecular flexibility index (Phi) is 9.30. The van der Waals surface area contributed by atoms with Crippen LogP contribution in [-0.4, -0.2) is 50.3 Å². The number of nitrogens with one attached hydrogen (secondary N) is 2. The fourth-order valence-corrected chi connectivity index (χ4v) is 6.53. The number of likely N-dealkylation sites (tertiary alicyclic amines) is 1. The largest absolute Gasteiger partial charge is 0.341 e. The molecule has 0 saturated carbocycles. The van der Waals surface area contributed by atoms with Gasteiger partial charge in [-0.05, 0) is 49.9 Å². The van der Waals surface area contributed by atoms with E-state index < -0.39 is 16.1 Å². The number of fused-ring (bicyclic) bond motifs is 1. The summed E-state index contributed by atoms with van der Waals surface area (Å²) >= 11 is 0. The Morgan fingerprint density at radius 1 is 1.05 bits per heavy atom. The fraction of sp³-hybridized carbons (Fsp3) is 0.379. The molecule has 8 nitrogen and oxygen atoms in total. The zero-order chi connectivity index (χ0) is 26.7. The van der Waals surface area contributed by atoms with Crippen molar-refractivity contribution in [1.29, 1.82) is 0 Å². The number of rotatable bonds is 7. The number of benzene rings is 3. The number of carbonyl (C=O) groups excluding carboxylic acids is 2. The van der Waals surface area contributed by atoms with Gasteiger partial charge in [0.2, 0.25) is 15.9 Å². The standard InChI is InChI=1S/C28H34N4O4S.CH4/c1-4-20-17-32(28(34)19(3)29)16-15-24(20)31-37(35,36)26-14-13-25(22-11-7-8-12-23(22)26)30-27(33)21-10-6-5-9-18(21)2;/h5-14,19-20,24,31H,4,15-17,29H2,1-3H3,(H,30,33);1H4/t19-,20-,24+;/m0./s1. The molecule has 3 atom stereocenters. The topological polar surface area (TPSA) is 122 Å². The third-order valence-electron chi connectivity index (χ3n) is 7.08. The highest BCUT2D eigenvalue weighted by molar-refractivity contribution is 7.89. The van der Waals surface area contributed by atoms with Gasteiger partial charge in [0, 0.05) is 41.2 Å². The van der Waals surface area contributed by atoms with Gasteiger partial charge in [-0.3, -0.25) is 9.59 Å². The molecular weight excluding hydrogens is 500 g/mol. The van der Waals surface area contributed by atoms with Crippen molar-refractivity contribution in [3.63, 3.8) is 0 Å². The molecule has 1 fully saturated rings. The SMILES string of the molecule is C.CC[C@H]1CN(C(=O)[C@H](C)N)CC[C@H]1NS(=O)(=O)c1ccc(NC(=O)c2ccccc2C)c2ccccc12. The van der Waals surface area contributed by atoms with Crippen LogP contribution in [0.25, 0.3) is 10.8 Å². The van der Waals surface area contributed by atoms with E-state index in [1.807, 2.05) is 38.1 Å². The summed E-state index contributed by atoms with van der Waals surface area (Å²) in [5.74, 6) is -0.393. The number of amides is 2. The molecule has 204 valence electrons. The van der Waals surface area contributed by atoms with Gasteiger partial charge in [0.25, 0.3) is 5.91 Å². The first kappa shape index (κ1) is 29.3. The number of anilines is 1. The number of nitrogens with two attached hydrogens (primary N) is 1. The number of hydrogen-bond acceptors (Lipinski definition) is 5. The zero-order valence-corrected chi connectivity index (χ0v) is 22.2. The van der Waals surface area contributed by atoms with Gasteiger partial charge < -0.3 is 16.0 Å². The molecule has 0 aliphatic carbocycles. The van der Waals surface area contributed by atoms with Crippen LogP contribution in [0, 0.1) is 12.8 Å². The highest BCUT2D eigenvalue weighted by atomic mass is 32.2. The van der Waals surface area contributed by atoms with Gasteiger partial charge in [-0.2, -0.15) is 0 Å². The maximum atomic E-state index is 13.6. The Balaban J connectivity index is 0.00000400. The van der Waals surface area contributed by atoms with Gasteiger partial charge >= 0.3 is 0 Å². The molecule has 1 aliphatic rings. The second-order valence-corrected chi connectivity index (χ2v) is 11.4. The molecule has 0 unspecified atom stereocenters. The van der Waals surface area contributed by atoms with Crippen molar-refractivity contribution in [2.45, 2.75) is 58.0 Å². The van der Waals surface area contributed by atoms with Gasteiger partial charge in [0.1, 0.15) is 0 Å². The molecule has 0 aromatic heterocycles. The van der Waals surface area contributed by atoms with Crippen LogP contribution in [0.4, 0.5) is 5.69 Å². The summed E-state index contributed by atoms with van der Waals surface area (Å²) in [5, 5.41) is 4.10. The molecule has 0 spiro atoms. The van der Waals surface area contributed by atoms with E-state index in [1.165, 1.54) is 6.07 Å². The molecule has 0 bridgehead atoms. The number of nitrogens with zero attached hydrogens (tertiary/aromatic N) is 1. The van der Waals surface area contributed by atoms with Crippen LogP contribution in [0.15, 0.2) is 65.6 Å². The van der Waals surface area contributed by atoms with E-state index in [2.05, 4.69) is 10.0 Å². The number of sulfonamides is 1. The highest BCUT2D eigenvalue weighted by Crippen LogP contribution is 2.31. The molecule has 0 radical (unpaired) electrons. The number of piperidine rings is 1. The maximum absolute atomic E-state index is 13.6. The zero-order valence-electron chi connectivity index (χ0n) is 21.4. The van der Waals surface area contributed by atoms with Gasteiger partial charge in [-0.15, -0.1) is 0 Å². The smallest absolute Gasteiger partial charge is 0.255 e. The van der Waals surface area contributed by atoms with Crippen LogP contribution in [0.2, 0.25) is 0 Å². The molecule has 3 aromatic rings. The first-order valence-corrected chi connectivity index (χ1v) is 14.1. The Hall–Kier alpha value is -3.27. The van der Waals surface area contributed by atoms with Crippen LogP contribution in [-0.2, 0) is 14.8 Å². The highest BCUT2D eigenvalue weighted by Gasteiger charge is 2.34. The summed E-state index contributed by atoms with van der Waals surface area (Å²) in [7, 11) is -3.88. The van der Waals surface area contributed by atoms with Crippen molar-refractivity contribution in [3.8, 4) is 0 Å². The molecule has 38 heavy (non-hydrogen) atoms. The van der Waals surface area contributed by atoms with E-state index in [0.29, 0.717) is 41.5 Å². The molecule has 1 saturated heterocycles. The Morgan fingerprint density at radius 2 is 1.71 bits per heavy atom. The fourth-order valence-electron chi connectivity index (χ4n) is 4.98. The van der Waals surface area contributed by atoms with Crippen molar-refractivity contribution in [1.82, 2.24) is 9.62 Å². The molecule has 1 heterocycles. The van der Waals surface area contributed by atoms with Crippen molar-refractivity contribution >= 4 is 38.3 Å². The molecule has 4 rings (SSSR count). The summed E-state index contributed by atoms with van der Waals surface area (Å²) in [4.78, 5) is 27.2. The summed E-state index contributed by atoms with van der Waals surface area (Å²) in [6.45, 7) is 6.45. The van der Waals surface area contributed by atoms with E-state index in [4.69, 9.17) is 5.73 Å². The predicted molar refractivity (Wildman–Crippen MR) is 153 cm³/mol. The minimum Gasteiger partial charge on any atom is -0.341 e. The van der Waals surface area contributed by atoms with E-state index in [9.17, 15) is 18.0 Å². The quantitative estimate of drug-likeness (QED) is 0.414. The average molecular weight is 539 g/mol. The monoisotopic (exact) mass is 538 g/mol. The lowest BCUT2D eigenvalue weighted by Gasteiger charge is -2.39. The van der Waals surface area contributed by atoms with Crippen LogP contribution in [0.5, 0.6) is 0 Å². The number of hydrogen-bond donors (Lipinski definition) is 3. The first-order chi connectivity index (χ1) is 17.6. The third kappa shape index (κ3) is 6.06. The second-order valence-electron chi connectivity index (χ2n) is 9.68. The van der Waals surface area contributed by atoms with Crippen molar-refractivity contribution in [3.05, 3.63) is 71.8 Å². The summed E-state index contributed by atoms with van der Waals surface area (Å²) in [5.41, 5.74) is 7.72. The molecule has 2 amide bonds. The molecule has 9 heteroatoms. The van der Waals surface area contributed by atoms with Crippen LogP contribution in [0.3, 0.4) is 0 Å². The molecule has 3 aromatic carbocycles. The van der Waals surface area contributed by atoms with Crippen molar-refractivity contribution in [2.24, 2.45) is 11.7 Å². The minimum atomic E-state index is -3.88. The van der Waals surface area contributed by atoms with E-state index in [1.54, 1.807) is 42.2 Å². The second kappa shape index (κ2) is 12.1. The van der Waals surface area contributed by atoms with Crippen molar-refractivity contribution < 1.29 is 18.0 Å². The normalized spacial score (nSPS) is 18.5. The van der Waals surface area contributed by atoms with Gasteiger partial charge in [0.15, 0.2) is 0 Å². The Labute approximate surface area is 225 Å². The molecular formula is C29H38N4O4S. The van der Waals surface area contributed by atoms with E-state index >= 15 is 0 Å². The Bertz CT molecular complexity index is 1420. The summed E-state index contributed by atoms with van der Waals surface area (Å²) in [6.07, 6.45) is 1.24. The lowest BCUT2D eigenvalue weighted by molar-refractivity contribution is -0.134. The minimum absolute atomic E-state index is 0. The maximum Gasteiger partial charge on any atom is 0.255 e. The van der Waals surface area contributed by atoms with Gasteiger partial charge in [-0.25, -0.2) is 13.1 Å². The number of aryl methyl sites for hydroxylation is 1. The predicted octanol–water partition coefficient (Wildman–Crippen LogP) is 4.29. The third-order valence-corrected chi connectivity index (χ3v) is 8.63. The van der Waals surface area contributed by atoms with E-state index in [0.717, 1.165) is 12.0 Å². The molecule has 1 aliphatic heterocycles. The lowest BCUT2D eigenvalue weighted by atomic mass is 9.90. The van der Waals surface area contributed by atoms with Gasteiger partial charge in [-0.1, -0.05) is 63.2 Å². The lowest BCUT2D eigenvalue weighted by Crippen LogP contribution is -2.54. The Morgan fingerprint density at radius 3 is 2.37 bits per heavy atom. The molecule has 4 N–H and O–H groups in total. The average Bonchev–Trinajstić information content (AvgIpc) is 2.88. The van der Waals surface area contributed by atoms with Crippen molar-refractivity contribution in [2.75, 3.05) is 18.4 Å². The van der Waals surface area contributed by atoms with Crippen LogP contribution < -0.4 is 15.8 Å². The van der Waals surface area contributed by atoms with E-state index in [-0.39, 0.29) is 36.1 Å². The number of carbonyl (C=O) groups is 2. The van der Waals surface area contributed by atoms with Crippen LogP contribution in [0.1, 0.15) is 50.0 Å². The van der Waals surface area contributed by atoms with Crippen LogP contribution >= 0.6 is 0 Å².